The predicted octanol–water partition coefficient (Wildman–Crippen LogP) is 3.42. The molecule has 0 bridgehead atoms. The van der Waals surface area contributed by atoms with Crippen molar-refractivity contribution in [1.29, 1.82) is 0 Å². The normalized spacial score (nSPS) is 20.0. The van der Waals surface area contributed by atoms with Crippen LogP contribution in [0.4, 0.5) is 0 Å². The van der Waals surface area contributed by atoms with Crippen LogP contribution in [-0.4, -0.2) is 24.5 Å². The average molecular weight is 260 g/mol. The van der Waals surface area contributed by atoms with Gasteiger partial charge in [0.15, 0.2) is 0 Å². The third-order valence-corrected chi connectivity index (χ3v) is 4.10. The Morgan fingerprint density at radius 1 is 1.26 bits per heavy atom. The summed E-state index contributed by atoms with van der Waals surface area (Å²) >= 11 is 0. The summed E-state index contributed by atoms with van der Waals surface area (Å²) in [4.78, 5) is 2.60. The minimum absolute atomic E-state index is 0.925. The molecule has 1 fully saturated rings. The van der Waals surface area contributed by atoms with Crippen molar-refractivity contribution >= 4 is 0 Å². The van der Waals surface area contributed by atoms with Crippen LogP contribution in [0.1, 0.15) is 44.2 Å². The van der Waals surface area contributed by atoms with Gasteiger partial charge in [-0.25, -0.2) is 0 Å². The van der Waals surface area contributed by atoms with Gasteiger partial charge in [0.2, 0.25) is 0 Å². The molecule has 2 nitrogen and oxygen atoms in total. The van der Waals surface area contributed by atoms with Gasteiger partial charge in [0.25, 0.3) is 0 Å². The lowest BCUT2D eigenvalue weighted by Crippen LogP contribution is -2.20. The molecule has 0 spiro atoms. The fraction of sp³-hybridized carbons (Fsp3) is 0.647. The number of likely N-dealkylation sites (tertiary alicyclic amines) is 1. The highest BCUT2D eigenvalue weighted by molar-refractivity contribution is 5.23. The summed E-state index contributed by atoms with van der Waals surface area (Å²) in [5.41, 5.74) is 2.88. The second kappa shape index (κ2) is 7.66. The molecule has 1 atom stereocenters. The van der Waals surface area contributed by atoms with Gasteiger partial charge in [-0.2, -0.15) is 0 Å². The Labute approximate surface area is 118 Å². The Hall–Kier alpha value is -0.860. The molecule has 0 aliphatic carbocycles. The van der Waals surface area contributed by atoms with Gasteiger partial charge in [-0.15, -0.1) is 0 Å². The van der Waals surface area contributed by atoms with Crippen LogP contribution in [0.15, 0.2) is 24.3 Å². The molecule has 2 rings (SSSR count). The Morgan fingerprint density at radius 2 is 2.11 bits per heavy atom. The van der Waals surface area contributed by atoms with Crippen molar-refractivity contribution in [3.05, 3.63) is 35.4 Å². The molecule has 106 valence electrons. The maximum Gasteiger partial charge on any atom is 0.0233 e. The number of benzene rings is 1. The van der Waals surface area contributed by atoms with Crippen molar-refractivity contribution < 1.29 is 0 Å². The molecule has 1 aromatic rings. The number of rotatable bonds is 7. The molecule has 0 aromatic heterocycles. The van der Waals surface area contributed by atoms with Crippen LogP contribution in [0.25, 0.3) is 0 Å². The van der Waals surface area contributed by atoms with E-state index in [-0.39, 0.29) is 0 Å². The molecule has 1 aliphatic rings. The molecule has 0 radical (unpaired) electrons. The van der Waals surface area contributed by atoms with Crippen LogP contribution in [0.2, 0.25) is 0 Å². The zero-order chi connectivity index (χ0) is 13.5. The van der Waals surface area contributed by atoms with Crippen molar-refractivity contribution in [1.82, 2.24) is 10.2 Å². The van der Waals surface area contributed by atoms with E-state index in [2.05, 4.69) is 48.3 Å². The highest BCUT2D eigenvalue weighted by atomic mass is 15.1. The van der Waals surface area contributed by atoms with E-state index in [0.29, 0.717) is 0 Å². The van der Waals surface area contributed by atoms with E-state index in [0.717, 1.165) is 25.6 Å². The van der Waals surface area contributed by atoms with Crippen molar-refractivity contribution in [2.45, 2.75) is 46.2 Å². The number of nitrogens with one attached hydrogen (secondary N) is 1. The van der Waals surface area contributed by atoms with Gasteiger partial charge in [0, 0.05) is 19.6 Å². The summed E-state index contributed by atoms with van der Waals surface area (Å²) in [6, 6.07) is 9.06. The maximum absolute atomic E-state index is 3.47. The number of hydrogen-bond acceptors (Lipinski definition) is 2. The van der Waals surface area contributed by atoms with Gasteiger partial charge in [-0.3, -0.25) is 4.90 Å². The molecule has 19 heavy (non-hydrogen) atoms. The lowest BCUT2D eigenvalue weighted by molar-refractivity contribution is 0.315. The predicted molar refractivity (Wildman–Crippen MR) is 82.1 cm³/mol. The van der Waals surface area contributed by atoms with Crippen molar-refractivity contribution in [2.75, 3.05) is 19.6 Å². The van der Waals surface area contributed by atoms with Gasteiger partial charge in [-0.1, -0.05) is 44.5 Å². The molecular weight excluding hydrogens is 232 g/mol. The van der Waals surface area contributed by atoms with Gasteiger partial charge in [0.1, 0.15) is 0 Å². The van der Waals surface area contributed by atoms with Gasteiger partial charge < -0.3 is 5.32 Å². The quantitative estimate of drug-likeness (QED) is 0.756. The molecule has 1 unspecified atom stereocenters. The van der Waals surface area contributed by atoms with Crippen LogP contribution < -0.4 is 5.32 Å². The van der Waals surface area contributed by atoms with E-state index in [9.17, 15) is 0 Å². The second-order valence-electron chi connectivity index (χ2n) is 5.79. The molecule has 2 heteroatoms. The zero-order valence-corrected chi connectivity index (χ0v) is 12.5. The minimum Gasteiger partial charge on any atom is -0.313 e. The maximum atomic E-state index is 3.47. The van der Waals surface area contributed by atoms with Crippen molar-refractivity contribution in [2.24, 2.45) is 5.92 Å². The lowest BCUT2D eigenvalue weighted by atomic mass is 10.1. The highest BCUT2D eigenvalue weighted by Gasteiger charge is 2.20. The third kappa shape index (κ3) is 4.63. The summed E-state index contributed by atoms with van der Waals surface area (Å²) in [7, 11) is 0. The summed E-state index contributed by atoms with van der Waals surface area (Å²) in [6.45, 7) is 10.3. The first kappa shape index (κ1) is 14.5. The van der Waals surface area contributed by atoms with E-state index in [1.807, 2.05) is 0 Å². The average Bonchev–Trinajstić information content (AvgIpc) is 2.87. The molecule has 1 saturated heterocycles. The van der Waals surface area contributed by atoms with E-state index in [1.165, 1.54) is 43.5 Å². The minimum atomic E-state index is 0.925. The molecule has 1 N–H and O–H groups in total. The van der Waals surface area contributed by atoms with E-state index >= 15 is 0 Å². The standard InChI is InChI=1S/C17H28N2/c1-3-9-18-12-16-6-5-7-17(11-16)14-19-10-8-15(4-2)13-19/h5-7,11,15,18H,3-4,8-10,12-14H2,1-2H3. The topological polar surface area (TPSA) is 15.3 Å². The zero-order valence-electron chi connectivity index (χ0n) is 12.5. The lowest BCUT2D eigenvalue weighted by Gasteiger charge is -2.16. The Kier molecular flexibility index (Phi) is 5.87. The summed E-state index contributed by atoms with van der Waals surface area (Å²) in [5, 5.41) is 3.47. The second-order valence-corrected chi connectivity index (χ2v) is 5.79. The smallest absolute Gasteiger partial charge is 0.0233 e. The Morgan fingerprint density at radius 3 is 2.84 bits per heavy atom. The van der Waals surface area contributed by atoms with Gasteiger partial charge in [-0.05, 0) is 43.0 Å². The van der Waals surface area contributed by atoms with Crippen LogP contribution in [0.3, 0.4) is 0 Å². The fourth-order valence-electron chi connectivity index (χ4n) is 2.90. The highest BCUT2D eigenvalue weighted by Crippen LogP contribution is 2.21. The molecule has 1 aromatic carbocycles. The first-order valence-electron chi connectivity index (χ1n) is 7.82. The SMILES string of the molecule is CCCNCc1cccc(CN2CCC(CC)C2)c1. The molecule has 1 heterocycles. The molecular formula is C17H28N2. The number of nitrogens with zero attached hydrogens (tertiary/aromatic N) is 1. The van der Waals surface area contributed by atoms with Crippen LogP contribution >= 0.6 is 0 Å². The Bertz CT molecular complexity index is 375. The van der Waals surface area contributed by atoms with E-state index in [1.54, 1.807) is 0 Å². The summed E-state index contributed by atoms with van der Waals surface area (Å²) in [6.07, 6.45) is 3.91. The van der Waals surface area contributed by atoms with Crippen LogP contribution in [0, 0.1) is 5.92 Å². The monoisotopic (exact) mass is 260 g/mol. The summed E-state index contributed by atoms with van der Waals surface area (Å²) < 4.78 is 0. The Balaban J connectivity index is 1.85. The van der Waals surface area contributed by atoms with E-state index in [4.69, 9.17) is 0 Å². The first-order valence-corrected chi connectivity index (χ1v) is 7.82. The molecule has 0 saturated carbocycles. The van der Waals surface area contributed by atoms with Gasteiger partial charge >= 0.3 is 0 Å². The fourth-order valence-corrected chi connectivity index (χ4v) is 2.90. The third-order valence-electron chi connectivity index (χ3n) is 4.10. The van der Waals surface area contributed by atoms with Crippen molar-refractivity contribution in [3.63, 3.8) is 0 Å². The van der Waals surface area contributed by atoms with Gasteiger partial charge in [0.05, 0.1) is 0 Å². The van der Waals surface area contributed by atoms with Crippen LogP contribution in [0.5, 0.6) is 0 Å². The number of hydrogen-bond donors (Lipinski definition) is 1. The largest absolute Gasteiger partial charge is 0.313 e. The van der Waals surface area contributed by atoms with Crippen molar-refractivity contribution in [3.8, 4) is 0 Å². The summed E-state index contributed by atoms with van der Waals surface area (Å²) in [5.74, 6) is 0.925. The van der Waals surface area contributed by atoms with E-state index < -0.39 is 0 Å². The first-order chi connectivity index (χ1) is 9.31. The van der Waals surface area contributed by atoms with Crippen LogP contribution in [-0.2, 0) is 13.1 Å². The molecule has 1 aliphatic heterocycles. The molecule has 0 amide bonds.